The summed E-state index contributed by atoms with van der Waals surface area (Å²) in [7, 11) is 0. The Bertz CT molecular complexity index is 1450. The highest BCUT2D eigenvalue weighted by molar-refractivity contribution is 5.71. The van der Waals surface area contributed by atoms with E-state index in [9.17, 15) is 14.4 Å². The van der Waals surface area contributed by atoms with Gasteiger partial charge < -0.3 is 14.2 Å². The van der Waals surface area contributed by atoms with Gasteiger partial charge in [0.25, 0.3) is 0 Å². The molecule has 0 aliphatic rings. The molecule has 0 aliphatic heterocycles. The fourth-order valence-corrected chi connectivity index (χ4v) is 9.31. The van der Waals surface area contributed by atoms with E-state index in [4.69, 9.17) is 14.2 Å². The lowest BCUT2D eigenvalue weighted by atomic mass is 10.0. The van der Waals surface area contributed by atoms with E-state index in [1.807, 2.05) is 0 Å². The molecule has 0 N–H and O–H groups in total. The summed E-state index contributed by atoms with van der Waals surface area (Å²) in [6.07, 6.45) is 84.8. The number of carbonyl (C=O) groups excluding carboxylic acids is 3. The Hall–Kier alpha value is -3.41. The molecule has 0 aromatic carbocycles. The molecule has 6 nitrogen and oxygen atoms in total. The zero-order valence-electron chi connectivity index (χ0n) is 50.3. The lowest BCUT2D eigenvalue weighted by Crippen LogP contribution is -2.30. The molecule has 0 aromatic heterocycles. The topological polar surface area (TPSA) is 78.9 Å². The maximum atomic E-state index is 12.8. The van der Waals surface area contributed by atoms with Gasteiger partial charge in [0.05, 0.1) is 0 Å². The first-order valence-corrected chi connectivity index (χ1v) is 32.6. The maximum absolute atomic E-state index is 12.8. The summed E-state index contributed by atoms with van der Waals surface area (Å²) in [5.74, 6) is -0.864. The molecule has 0 radical (unpaired) electrons. The van der Waals surface area contributed by atoms with Crippen LogP contribution in [0, 0.1) is 0 Å². The zero-order valence-corrected chi connectivity index (χ0v) is 50.3. The van der Waals surface area contributed by atoms with Gasteiger partial charge in [-0.3, -0.25) is 14.4 Å². The van der Waals surface area contributed by atoms with Gasteiger partial charge in [0.2, 0.25) is 0 Å². The Balaban J connectivity index is 4.03. The van der Waals surface area contributed by atoms with Crippen LogP contribution in [0.2, 0.25) is 0 Å². The summed E-state index contributed by atoms with van der Waals surface area (Å²) >= 11 is 0. The third-order valence-electron chi connectivity index (χ3n) is 14.2. The van der Waals surface area contributed by atoms with Crippen molar-refractivity contribution in [1.82, 2.24) is 0 Å². The van der Waals surface area contributed by atoms with Gasteiger partial charge in [-0.25, -0.2) is 0 Å². The number of esters is 3. The summed E-state index contributed by atoms with van der Waals surface area (Å²) in [6, 6.07) is 0. The fourth-order valence-electron chi connectivity index (χ4n) is 9.31. The van der Waals surface area contributed by atoms with Crippen molar-refractivity contribution < 1.29 is 28.6 Å². The van der Waals surface area contributed by atoms with Gasteiger partial charge in [-0.2, -0.15) is 0 Å². The molecule has 0 aromatic rings. The van der Waals surface area contributed by atoms with Gasteiger partial charge in [-0.1, -0.05) is 311 Å². The van der Waals surface area contributed by atoms with Crippen molar-refractivity contribution in [3.8, 4) is 0 Å². The molecule has 1 atom stereocenters. The molecule has 0 rings (SSSR count). The van der Waals surface area contributed by atoms with Gasteiger partial charge in [-0.15, -0.1) is 0 Å². The van der Waals surface area contributed by atoms with E-state index in [-0.39, 0.29) is 31.1 Å². The Morgan fingerprint density at radius 2 is 0.513 bits per heavy atom. The Morgan fingerprint density at radius 1 is 0.276 bits per heavy atom. The van der Waals surface area contributed by atoms with Crippen molar-refractivity contribution in [2.75, 3.05) is 13.2 Å². The molecule has 0 saturated carbocycles. The first-order valence-electron chi connectivity index (χ1n) is 32.6. The molecular weight excluding hydrogens is 937 g/mol. The summed E-state index contributed by atoms with van der Waals surface area (Å²) in [5.41, 5.74) is 0. The van der Waals surface area contributed by atoms with Crippen LogP contribution in [0.5, 0.6) is 0 Å². The van der Waals surface area contributed by atoms with Crippen LogP contribution in [0.1, 0.15) is 323 Å². The molecule has 0 amide bonds. The Morgan fingerprint density at radius 3 is 0.803 bits per heavy atom. The number of hydrogen-bond acceptors (Lipinski definition) is 6. The van der Waals surface area contributed by atoms with E-state index in [1.54, 1.807) is 0 Å². The van der Waals surface area contributed by atoms with Crippen LogP contribution in [0.4, 0.5) is 0 Å². The molecule has 1 unspecified atom stereocenters. The second-order valence-corrected chi connectivity index (χ2v) is 21.7. The van der Waals surface area contributed by atoms with Crippen molar-refractivity contribution in [2.24, 2.45) is 0 Å². The molecule has 0 saturated heterocycles. The number of rotatable bonds is 59. The normalized spacial score (nSPS) is 12.6. The molecule has 0 bridgehead atoms. The van der Waals surface area contributed by atoms with Crippen LogP contribution in [-0.2, 0) is 28.6 Å². The number of allylic oxidation sites excluding steroid dienone is 14. The molecule has 0 heterocycles. The third kappa shape index (κ3) is 61.4. The van der Waals surface area contributed by atoms with Gasteiger partial charge in [-0.05, 0) is 77.0 Å². The maximum Gasteiger partial charge on any atom is 0.306 e. The van der Waals surface area contributed by atoms with Crippen LogP contribution in [0.25, 0.3) is 0 Å². The quantitative estimate of drug-likeness (QED) is 0.0261. The Labute approximate surface area is 471 Å². The van der Waals surface area contributed by atoms with Gasteiger partial charge in [0.1, 0.15) is 13.2 Å². The van der Waals surface area contributed by atoms with E-state index in [0.29, 0.717) is 19.3 Å². The molecule has 0 fully saturated rings. The minimum Gasteiger partial charge on any atom is -0.462 e. The van der Waals surface area contributed by atoms with Crippen LogP contribution in [0.3, 0.4) is 0 Å². The largest absolute Gasteiger partial charge is 0.462 e. The second kappa shape index (κ2) is 64.1. The number of hydrogen-bond donors (Lipinski definition) is 0. The first-order chi connectivity index (χ1) is 37.5. The Kier molecular flexibility index (Phi) is 61.2. The third-order valence-corrected chi connectivity index (χ3v) is 14.2. The lowest BCUT2D eigenvalue weighted by Gasteiger charge is -2.18. The predicted octanol–water partition coefficient (Wildman–Crippen LogP) is 22.3. The predicted molar refractivity (Wildman–Crippen MR) is 330 cm³/mol. The average Bonchev–Trinajstić information content (AvgIpc) is 3.42. The van der Waals surface area contributed by atoms with Crippen LogP contribution >= 0.6 is 0 Å². The highest BCUT2D eigenvalue weighted by atomic mass is 16.6. The summed E-state index contributed by atoms with van der Waals surface area (Å²) < 4.78 is 16.8. The highest BCUT2D eigenvalue weighted by Gasteiger charge is 2.19. The SMILES string of the molecule is CC/C=C\C/C=C\C/C=C\C/C=C\C/C=C\C/C=C\C/C=C\CCCCCCCCCCCCCCCC(=O)OCC(COC(=O)CCCCCCCCC)OC(=O)CCCCCCCCCCCCCCCCCC. The van der Waals surface area contributed by atoms with Crippen molar-refractivity contribution in [1.29, 1.82) is 0 Å². The van der Waals surface area contributed by atoms with Gasteiger partial charge in [0, 0.05) is 19.3 Å². The highest BCUT2D eigenvalue weighted by Crippen LogP contribution is 2.17. The molecule has 6 heteroatoms. The summed E-state index contributed by atoms with van der Waals surface area (Å²) in [6.45, 7) is 6.52. The number of ether oxygens (including phenoxy) is 3. The van der Waals surface area contributed by atoms with Crippen molar-refractivity contribution in [3.63, 3.8) is 0 Å². The standard InChI is InChI=1S/C70H122O6/c1-4-7-10-13-16-18-20-22-24-26-27-28-29-30-31-32-33-34-35-36-37-38-39-40-41-42-43-44-46-47-49-51-54-57-60-63-69(72)75-66-67(65-74-68(71)62-59-56-53-15-12-9-6-3)76-70(73)64-61-58-55-52-50-48-45-25-23-21-19-17-14-11-8-5-2/h7,10,16,18,22,24,27-28,30-31,33-34,36-37,67H,4-6,8-9,11-15,17,19-21,23,25-26,29,32,35,38-66H2,1-3H3/b10-7-,18-16-,24-22-,28-27-,31-30-,34-33-,37-36-. The molecule has 0 spiro atoms. The van der Waals surface area contributed by atoms with Crippen LogP contribution in [0.15, 0.2) is 85.1 Å². The minimum absolute atomic E-state index is 0.0710. The van der Waals surface area contributed by atoms with E-state index < -0.39 is 6.10 Å². The number of unbranched alkanes of at least 4 members (excludes halogenated alkanes) is 34. The molecule has 438 valence electrons. The molecule has 76 heavy (non-hydrogen) atoms. The minimum atomic E-state index is -0.770. The average molecular weight is 1060 g/mol. The van der Waals surface area contributed by atoms with E-state index >= 15 is 0 Å². The van der Waals surface area contributed by atoms with Crippen molar-refractivity contribution in [3.05, 3.63) is 85.1 Å². The first kappa shape index (κ1) is 72.6. The van der Waals surface area contributed by atoms with Crippen molar-refractivity contribution >= 4 is 17.9 Å². The van der Waals surface area contributed by atoms with Crippen LogP contribution in [-0.4, -0.2) is 37.2 Å². The molecule has 0 aliphatic carbocycles. The van der Waals surface area contributed by atoms with Crippen molar-refractivity contribution in [2.45, 2.75) is 329 Å². The zero-order chi connectivity index (χ0) is 55.0. The second-order valence-electron chi connectivity index (χ2n) is 21.7. The van der Waals surface area contributed by atoms with E-state index in [0.717, 1.165) is 103 Å². The smallest absolute Gasteiger partial charge is 0.306 e. The van der Waals surface area contributed by atoms with Gasteiger partial charge >= 0.3 is 17.9 Å². The van der Waals surface area contributed by atoms with E-state index in [1.165, 1.54) is 180 Å². The fraction of sp³-hybridized carbons (Fsp3) is 0.757. The summed E-state index contributed by atoms with van der Waals surface area (Å²) in [5, 5.41) is 0. The lowest BCUT2D eigenvalue weighted by molar-refractivity contribution is -0.167. The molecular formula is C70H122O6. The number of carbonyl (C=O) groups is 3. The monoisotopic (exact) mass is 1060 g/mol. The van der Waals surface area contributed by atoms with Crippen LogP contribution < -0.4 is 0 Å². The summed E-state index contributed by atoms with van der Waals surface area (Å²) in [4.78, 5) is 38.0. The van der Waals surface area contributed by atoms with Gasteiger partial charge in [0.15, 0.2) is 6.10 Å². The van der Waals surface area contributed by atoms with E-state index in [2.05, 4.69) is 106 Å².